The lowest BCUT2D eigenvalue weighted by Crippen LogP contribution is -2.18. The highest BCUT2D eigenvalue weighted by molar-refractivity contribution is 14.1. The van der Waals surface area contributed by atoms with E-state index in [0.29, 0.717) is 19.6 Å². The second-order valence-corrected chi connectivity index (χ2v) is 7.57. The minimum absolute atomic E-state index is 0.178. The molecule has 5 heteroatoms. The molecule has 1 unspecified atom stereocenters. The van der Waals surface area contributed by atoms with Crippen molar-refractivity contribution in [3.8, 4) is 5.75 Å². The van der Waals surface area contributed by atoms with Crippen molar-refractivity contribution >= 4 is 51.2 Å². The molecule has 0 radical (unpaired) electrons. The first kappa shape index (κ1) is 19.5. The number of hydrogen-bond donors (Lipinski definition) is 0. The number of carbonyl (C=O) groups is 1. The highest BCUT2D eigenvalue weighted by Gasteiger charge is 2.23. The van der Waals surface area contributed by atoms with Crippen molar-refractivity contribution < 1.29 is 14.3 Å². The number of ether oxygens (including phenoxy) is 2. The van der Waals surface area contributed by atoms with Crippen LogP contribution in [0.4, 0.5) is 0 Å². The van der Waals surface area contributed by atoms with E-state index in [1.807, 2.05) is 44.2 Å². The number of carbonyl (C=O) groups excluding carboxylic acids is 1. The summed E-state index contributed by atoms with van der Waals surface area (Å²) in [5, 5.41) is 0. The molecule has 0 bridgehead atoms. The van der Waals surface area contributed by atoms with E-state index < -0.39 is 0 Å². The van der Waals surface area contributed by atoms with Crippen LogP contribution in [0, 0.1) is 7.14 Å². The molecule has 0 heterocycles. The molecule has 0 aliphatic carbocycles. The summed E-state index contributed by atoms with van der Waals surface area (Å²) in [5.74, 6) is 0.438. The highest BCUT2D eigenvalue weighted by atomic mass is 127. The molecule has 2 aromatic rings. The van der Waals surface area contributed by atoms with Gasteiger partial charge in [0, 0.05) is 0 Å². The number of hydrogen-bond acceptors (Lipinski definition) is 3. The van der Waals surface area contributed by atoms with Gasteiger partial charge in [-0.3, -0.25) is 4.79 Å². The lowest BCUT2D eigenvalue weighted by atomic mass is 9.92. The van der Waals surface area contributed by atoms with Gasteiger partial charge in [0.1, 0.15) is 5.75 Å². The van der Waals surface area contributed by atoms with Gasteiger partial charge in [0.15, 0.2) is 0 Å². The molecule has 1 atom stereocenters. The molecule has 0 aromatic heterocycles. The van der Waals surface area contributed by atoms with Crippen LogP contribution in [0.5, 0.6) is 5.75 Å². The van der Waals surface area contributed by atoms with E-state index in [-0.39, 0.29) is 11.9 Å². The zero-order valence-electron chi connectivity index (χ0n) is 13.7. The fourth-order valence-electron chi connectivity index (χ4n) is 2.51. The zero-order chi connectivity index (χ0) is 17.5. The molecule has 0 saturated carbocycles. The maximum absolute atomic E-state index is 12.4. The molecule has 0 fully saturated rings. The van der Waals surface area contributed by atoms with Gasteiger partial charge in [0.2, 0.25) is 0 Å². The van der Waals surface area contributed by atoms with Crippen molar-refractivity contribution in [3.63, 3.8) is 0 Å². The Bertz CT molecular complexity index is 663. The summed E-state index contributed by atoms with van der Waals surface area (Å²) in [4.78, 5) is 12.4. The predicted octanol–water partition coefficient (Wildman–Crippen LogP) is 5.18. The quantitative estimate of drug-likeness (QED) is 0.352. The smallest absolute Gasteiger partial charge is 0.313 e. The standard InChI is InChI=1S/C19H20I2O3/c1-3-23-18-16(20)11-13(12-17(18)21)10-15(19(22)24-4-2)14-8-6-5-7-9-14/h5-9,11-12,15H,3-4,10H2,1-2H3. The van der Waals surface area contributed by atoms with Crippen LogP contribution < -0.4 is 4.74 Å². The topological polar surface area (TPSA) is 35.5 Å². The van der Waals surface area contributed by atoms with Crippen LogP contribution in [-0.4, -0.2) is 19.2 Å². The Morgan fingerprint density at radius 2 is 1.67 bits per heavy atom. The Labute approximate surface area is 170 Å². The first-order valence-electron chi connectivity index (χ1n) is 7.89. The van der Waals surface area contributed by atoms with E-state index in [2.05, 4.69) is 57.3 Å². The van der Waals surface area contributed by atoms with Gasteiger partial charge < -0.3 is 9.47 Å². The molecule has 2 rings (SSSR count). The molecule has 0 spiro atoms. The number of esters is 1. The highest BCUT2D eigenvalue weighted by Crippen LogP contribution is 2.31. The summed E-state index contributed by atoms with van der Waals surface area (Å²) in [6.07, 6.45) is 0.612. The van der Waals surface area contributed by atoms with Gasteiger partial charge in [-0.25, -0.2) is 0 Å². The molecule has 2 aromatic carbocycles. The van der Waals surface area contributed by atoms with E-state index in [9.17, 15) is 4.79 Å². The SMILES string of the molecule is CCOC(=O)C(Cc1cc(I)c(OCC)c(I)c1)c1ccccc1. The third kappa shape index (κ3) is 5.08. The predicted molar refractivity (Wildman–Crippen MR) is 113 cm³/mol. The van der Waals surface area contributed by atoms with E-state index in [4.69, 9.17) is 9.47 Å². The third-order valence-corrected chi connectivity index (χ3v) is 5.16. The minimum atomic E-state index is -0.296. The number of benzene rings is 2. The lowest BCUT2D eigenvalue weighted by molar-refractivity contribution is -0.144. The molecule has 0 saturated heterocycles. The Morgan fingerprint density at radius 3 is 2.21 bits per heavy atom. The molecule has 3 nitrogen and oxygen atoms in total. The van der Waals surface area contributed by atoms with Gasteiger partial charge >= 0.3 is 5.97 Å². The van der Waals surface area contributed by atoms with E-state index >= 15 is 0 Å². The minimum Gasteiger partial charge on any atom is -0.492 e. The van der Waals surface area contributed by atoms with Crippen molar-refractivity contribution in [3.05, 3.63) is 60.7 Å². The summed E-state index contributed by atoms with van der Waals surface area (Å²) in [5.41, 5.74) is 2.09. The fourth-order valence-corrected chi connectivity index (χ4v) is 4.72. The Kier molecular flexibility index (Phi) is 7.80. The van der Waals surface area contributed by atoms with Crippen LogP contribution in [0.15, 0.2) is 42.5 Å². The maximum atomic E-state index is 12.4. The summed E-state index contributed by atoms with van der Waals surface area (Å²) >= 11 is 4.57. The van der Waals surface area contributed by atoms with Gasteiger partial charge in [0.05, 0.1) is 26.3 Å². The van der Waals surface area contributed by atoms with Gasteiger partial charge in [-0.2, -0.15) is 0 Å². The van der Waals surface area contributed by atoms with Crippen LogP contribution in [-0.2, 0) is 16.0 Å². The van der Waals surface area contributed by atoms with E-state index in [0.717, 1.165) is 24.0 Å². The molecule has 0 aliphatic rings. The summed E-state index contributed by atoms with van der Waals surface area (Å²) in [7, 11) is 0. The van der Waals surface area contributed by atoms with E-state index in [1.54, 1.807) is 0 Å². The van der Waals surface area contributed by atoms with Crippen molar-refractivity contribution in [2.75, 3.05) is 13.2 Å². The lowest BCUT2D eigenvalue weighted by Gasteiger charge is -2.17. The number of halogens is 2. The first-order valence-corrected chi connectivity index (χ1v) is 10.0. The van der Waals surface area contributed by atoms with Gasteiger partial charge in [-0.15, -0.1) is 0 Å². The van der Waals surface area contributed by atoms with Crippen LogP contribution in [0.2, 0.25) is 0 Å². The molecule has 24 heavy (non-hydrogen) atoms. The second-order valence-electron chi connectivity index (χ2n) is 5.24. The molecule has 0 N–H and O–H groups in total. The summed E-state index contributed by atoms with van der Waals surface area (Å²) in [6, 6.07) is 14.0. The molecule has 128 valence electrons. The normalized spacial score (nSPS) is 11.8. The second kappa shape index (κ2) is 9.60. The van der Waals surface area contributed by atoms with Crippen LogP contribution in [0.1, 0.15) is 30.9 Å². The number of rotatable bonds is 7. The van der Waals surface area contributed by atoms with Gasteiger partial charge in [0.25, 0.3) is 0 Å². The van der Waals surface area contributed by atoms with Crippen LogP contribution >= 0.6 is 45.2 Å². The average Bonchev–Trinajstić information content (AvgIpc) is 2.57. The molecular weight excluding hydrogens is 530 g/mol. The monoisotopic (exact) mass is 550 g/mol. The van der Waals surface area contributed by atoms with Crippen molar-refractivity contribution in [1.29, 1.82) is 0 Å². The fraction of sp³-hybridized carbons (Fsp3) is 0.316. The Hall–Kier alpha value is -0.830. The van der Waals surface area contributed by atoms with Crippen molar-refractivity contribution in [2.45, 2.75) is 26.2 Å². The maximum Gasteiger partial charge on any atom is 0.313 e. The first-order chi connectivity index (χ1) is 11.6. The van der Waals surface area contributed by atoms with Crippen LogP contribution in [0.3, 0.4) is 0 Å². The molecule has 0 aliphatic heterocycles. The summed E-state index contributed by atoms with van der Waals surface area (Å²) < 4.78 is 13.1. The summed E-state index contributed by atoms with van der Waals surface area (Å²) in [6.45, 7) is 4.84. The Morgan fingerprint density at radius 1 is 1.04 bits per heavy atom. The zero-order valence-corrected chi connectivity index (χ0v) is 18.0. The molecule has 0 amide bonds. The van der Waals surface area contributed by atoms with Gasteiger partial charge in [-0.1, -0.05) is 30.3 Å². The van der Waals surface area contributed by atoms with E-state index in [1.165, 1.54) is 0 Å². The van der Waals surface area contributed by atoms with Crippen LogP contribution in [0.25, 0.3) is 0 Å². The largest absolute Gasteiger partial charge is 0.492 e. The Balaban J connectivity index is 2.31. The van der Waals surface area contributed by atoms with Gasteiger partial charge in [-0.05, 0) is 88.7 Å². The third-order valence-electron chi connectivity index (χ3n) is 3.56. The van der Waals surface area contributed by atoms with Crippen molar-refractivity contribution in [1.82, 2.24) is 0 Å². The molecular formula is C19H20I2O3. The average molecular weight is 550 g/mol. The van der Waals surface area contributed by atoms with Crippen molar-refractivity contribution in [2.24, 2.45) is 0 Å².